The van der Waals surface area contributed by atoms with Crippen LogP contribution in [0.4, 0.5) is 10.1 Å². The molecule has 2 aromatic carbocycles. The van der Waals surface area contributed by atoms with Gasteiger partial charge >= 0.3 is 5.69 Å². The number of imide groups is 1. The third-order valence-corrected chi connectivity index (χ3v) is 4.58. The fourth-order valence-corrected chi connectivity index (χ4v) is 3.29. The molecular formula is C21H20FN3O5. The summed E-state index contributed by atoms with van der Waals surface area (Å²) in [7, 11) is 0. The molecule has 0 spiro atoms. The van der Waals surface area contributed by atoms with E-state index in [2.05, 4.69) is 5.32 Å². The zero-order valence-corrected chi connectivity index (χ0v) is 16.6. The fraction of sp³-hybridized carbons (Fsp3) is 0.286. The molecule has 0 saturated heterocycles. The van der Waals surface area contributed by atoms with Crippen molar-refractivity contribution < 1.29 is 23.7 Å². The second kappa shape index (κ2) is 7.66. The first kappa shape index (κ1) is 21.1. The van der Waals surface area contributed by atoms with Crippen LogP contribution in [0.3, 0.4) is 0 Å². The summed E-state index contributed by atoms with van der Waals surface area (Å²) in [5, 5.41) is 13.6. The summed E-state index contributed by atoms with van der Waals surface area (Å²) in [4.78, 5) is 49.6. The molecule has 0 aromatic heterocycles. The molecule has 0 saturated carbocycles. The molecule has 0 radical (unpaired) electrons. The van der Waals surface area contributed by atoms with E-state index in [0.717, 1.165) is 17.0 Å². The normalized spacial score (nSPS) is 14.5. The lowest BCUT2D eigenvalue weighted by Gasteiger charge is -2.29. The first-order valence-electron chi connectivity index (χ1n) is 9.21. The molecule has 3 amide bonds. The van der Waals surface area contributed by atoms with Gasteiger partial charge in [-0.2, -0.15) is 4.39 Å². The standard InChI is InChI=1S/C21H20FN3O5/c1-21(2,3)23-18(26)17(11-12-8-9-16(25(29)30)15(22)10-12)24-19(27)13-6-4-5-7-14(13)20(24)28/h4-10,17H,11H2,1-3H3,(H,23,26)/t17-/m0/s1. The lowest BCUT2D eigenvalue weighted by molar-refractivity contribution is -0.387. The molecule has 9 heteroatoms. The summed E-state index contributed by atoms with van der Waals surface area (Å²) >= 11 is 0. The molecule has 3 rings (SSSR count). The first-order chi connectivity index (χ1) is 14.0. The Morgan fingerprint density at radius 3 is 2.17 bits per heavy atom. The Balaban J connectivity index is 1.99. The van der Waals surface area contributed by atoms with Gasteiger partial charge in [0.25, 0.3) is 11.8 Å². The molecule has 30 heavy (non-hydrogen) atoms. The van der Waals surface area contributed by atoms with Gasteiger partial charge in [-0.1, -0.05) is 18.2 Å². The van der Waals surface area contributed by atoms with E-state index in [1.54, 1.807) is 32.9 Å². The number of fused-ring (bicyclic) bond motifs is 1. The highest BCUT2D eigenvalue weighted by Crippen LogP contribution is 2.27. The van der Waals surface area contributed by atoms with Gasteiger partial charge in [-0.15, -0.1) is 0 Å². The average molecular weight is 413 g/mol. The van der Waals surface area contributed by atoms with Crippen molar-refractivity contribution in [2.45, 2.75) is 38.8 Å². The summed E-state index contributed by atoms with van der Waals surface area (Å²) in [6.07, 6.45) is -0.192. The topological polar surface area (TPSA) is 110 Å². The molecule has 1 heterocycles. The van der Waals surface area contributed by atoms with Crippen molar-refractivity contribution in [2.75, 3.05) is 0 Å². The van der Waals surface area contributed by atoms with E-state index in [9.17, 15) is 28.9 Å². The van der Waals surface area contributed by atoms with Crippen LogP contribution in [0.2, 0.25) is 0 Å². The third kappa shape index (κ3) is 4.05. The summed E-state index contributed by atoms with van der Waals surface area (Å²) in [6, 6.07) is 8.21. The quantitative estimate of drug-likeness (QED) is 0.460. The van der Waals surface area contributed by atoms with Gasteiger partial charge < -0.3 is 5.32 Å². The number of nitro benzene ring substituents is 1. The number of carbonyl (C=O) groups excluding carboxylic acids is 3. The van der Waals surface area contributed by atoms with E-state index in [4.69, 9.17) is 0 Å². The van der Waals surface area contributed by atoms with Crippen molar-refractivity contribution in [3.05, 3.63) is 75.1 Å². The molecule has 0 fully saturated rings. The Hall–Kier alpha value is -3.62. The van der Waals surface area contributed by atoms with Gasteiger partial charge in [-0.05, 0) is 44.5 Å². The average Bonchev–Trinajstić information content (AvgIpc) is 2.89. The SMILES string of the molecule is CC(C)(C)NC(=O)[C@H](Cc1ccc([N+](=O)[O-])c(F)c1)N1C(=O)c2ccccc2C1=O. The van der Waals surface area contributed by atoms with Crippen LogP contribution in [-0.2, 0) is 11.2 Å². The number of rotatable bonds is 5. The van der Waals surface area contributed by atoms with Gasteiger partial charge in [-0.3, -0.25) is 29.4 Å². The molecule has 0 aliphatic carbocycles. The van der Waals surface area contributed by atoms with E-state index >= 15 is 0 Å². The number of carbonyl (C=O) groups is 3. The molecule has 8 nitrogen and oxygen atoms in total. The van der Waals surface area contributed by atoms with Crippen LogP contribution in [0, 0.1) is 15.9 Å². The number of nitrogens with zero attached hydrogens (tertiary/aromatic N) is 2. The minimum absolute atomic E-state index is 0.186. The second-order valence-corrected chi connectivity index (χ2v) is 8.03. The third-order valence-electron chi connectivity index (χ3n) is 4.58. The van der Waals surface area contributed by atoms with Crippen molar-refractivity contribution in [1.29, 1.82) is 0 Å². The number of amides is 3. The zero-order chi connectivity index (χ0) is 22.2. The number of nitrogens with one attached hydrogen (secondary N) is 1. The predicted molar refractivity (Wildman–Crippen MR) is 105 cm³/mol. The maximum Gasteiger partial charge on any atom is 0.304 e. The fourth-order valence-electron chi connectivity index (χ4n) is 3.29. The minimum atomic E-state index is -1.25. The summed E-state index contributed by atoms with van der Waals surface area (Å²) < 4.78 is 14.1. The maximum absolute atomic E-state index is 14.1. The van der Waals surface area contributed by atoms with Gasteiger partial charge in [0.05, 0.1) is 16.1 Å². The monoisotopic (exact) mass is 413 g/mol. The van der Waals surface area contributed by atoms with Crippen LogP contribution in [0.15, 0.2) is 42.5 Å². The molecule has 1 aliphatic rings. The molecule has 156 valence electrons. The lowest BCUT2D eigenvalue weighted by Crippen LogP contribution is -2.54. The Bertz CT molecular complexity index is 1030. The Morgan fingerprint density at radius 2 is 1.70 bits per heavy atom. The van der Waals surface area contributed by atoms with Gasteiger partial charge in [0.15, 0.2) is 0 Å². The van der Waals surface area contributed by atoms with E-state index in [1.165, 1.54) is 18.2 Å². The first-order valence-corrected chi connectivity index (χ1v) is 9.21. The molecule has 0 unspecified atom stereocenters. The molecule has 1 N–H and O–H groups in total. The van der Waals surface area contributed by atoms with Crippen molar-refractivity contribution in [3.8, 4) is 0 Å². The Kier molecular flexibility index (Phi) is 5.39. The van der Waals surface area contributed by atoms with Gasteiger partial charge in [0.2, 0.25) is 11.7 Å². The summed E-state index contributed by atoms with van der Waals surface area (Å²) in [5.74, 6) is -2.88. The predicted octanol–water partition coefficient (Wildman–Crippen LogP) is 2.86. The van der Waals surface area contributed by atoms with Gasteiger partial charge in [0.1, 0.15) is 6.04 Å². The molecular weight excluding hydrogens is 393 g/mol. The molecule has 2 aromatic rings. The smallest absolute Gasteiger partial charge is 0.304 e. The summed E-state index contributed by atoms with van der Waals surface area (Å²) in [5.41, 5.74) is -0.731. The van der Waals surface area contributed by atoms with Crippen molar-refractivity contribution in [2.24, 2.45) is 0 Å². The van der Waals surface area contributed by atoms with E-state index in [1.807, 2.05) is 0 Å². The lowest BCUT2D eigenvalue weighted by atomic mass is 10.0. The van der Waals surface area contributed by atoms with Crippen molar-refractivity contribution >= 4 is 23.4 Å². The largest absolute Gasteiger partial charge is 0.350 e. The number of nitro groups is 1. The number of benzene rings is 2. The molecule has 0 bridgehead atoms. The highest BCUT2D eigenvalue weighted by Gasteiger charge is 2.43. The van der Waals surface area contributed by atoms with Gasteiger partial charge in [0, 0.05) is 18.0 Å². The molecule has 1 aliphatic heterocycles. The van der Waals surface area contributed by atoms with Crippen molar-refractivity contribution in [3.63, 3.8) is 0 Å². The van der Waals surface area contributed by atoms with Crippen LogP contribution < -0.4 is 5.32 Å². The highest BCUT2D eigenvalue weighted by atomic mass is 19.1. The van der Waals surface area contributed by atoms with E-state index < -0.39 is 45.7 Å². The van der Waals surface area contributed by atoms with E-state index in [0.29, 0.717) is 0 Å². The van der Waals surface area contributed by atoms with Crippen LogP contribution in [0.5, 0.6) is 0 Å². The van der Waals surface area contributed by atoms with E-state index in [-0.39, 0.29) is 23.1 Å². The van der Waals surface area contributed by atoms with Crippen LogP contribution in [0.1, 0.15) is 47.1 Å². The van der Waals surface area contributed by atoms with Gasteiger partial charge in [-0.25, -0.2) is 0 Å². The van der Waals surface area contributed by atoms with Crippen LogP contribution >= 0.6 is 0 Å². The number of halogens is 1. The number of hydrogen-bond acceptors (Lipinski definition) is 5. The maximum atomic E-state index is 14.1. The molecule has 1 atom stereocenters. The number of hydrogen-bond donors (Lipinski definition) is 1. The van der Waals surface area contributed by atoms with Crippen molar-refractivity contribution in [1.82, 2.24) is 10.2 Å². The Labute approximate surface area is 171 Å². The van der Waals surface area contributed by atoms with Crippen LogP contribution in [0.25, 0.3) is 0 Å². The van der Waals surface area contributed by atoms with Crippen LogP contribution in [-0.4, -0.2) is 39.1 Å². The highest BCUT2D eigenvalue weighted by molar-refractivity contribution is 6.22. The second-order valence-electron chi connectivity index (χ2n) is 8.03. The zero-order valence-electron chi connectivity index (χ0n) is 16.6. The minimum Gasteiger partial charge on any atom is -0.350 e. The summed E-state index contributed by atoms with van der Waals surface area (Å²) in [6.45, 7) is 5.24. The Morgan fingerprint density at radius 1 is 1.13 bits per heavy atom.